The molecule has 0 aliphatic carbocycles. The molecule has 2 nitrogen and oxygen atoms in total. The molecule has 0 aliphatic heterocycles. The Morgan fingerprint density at radius 2 is 1.27 bits per heavy atom. The predicted octanol–water partition coefficient (Wildman–Crippen LogP) is 6.09. The second-order valence-electron chi connectivity index (χ2n) is 6.41. The first kappa shape index (κ1) is 17.9. The van der Waals surface area contributed by atoms with Gasteiger partial charge in [-0.15, -0.1) is 0 Å². The Hall–Kier alpha value is -2.87. The van der Waals surface area contributed by atoms with E-state index in [1.165, 1.54) is 11.1 Å². The van der Waals surface area contributed by atoms with Crippen molar-refractivity contribution in [3.63, 3.8) is 0 Å². The van der Waals surface area contributed by atoms with E-state index in [0.29, 0.717) is 11.3 Å². The third kappa shape index (κ3) is 4.40. The molecule has 0 fully saturated rings. The van der Waals surface area contributed by atoms with Crippen LogP contribution in [0.4, 0.5) is 0 Å². The number of hydrogen-bond donors (Lipinski definition) is 0. The van der Waals surface area contributed by atoms with Crippen molar-refractivity contribution >= 4 is 5.97 Å². The Bertz CT molecular complexity index is 844. The number of carbonyl (C=O) groups is 1. The second-order valence-corrected chi connectivity index (χ2v) is 6.41. The molecule has 0 radical (unpaired) electrons. The van der Waals surface area contributed by atoms with Crippen molar-refractivity contribution in [1.29, 1.82) is 0 Å². The molecule has 0 unspecified atom stereocenters. The molecule has 0 amide bonds. The highest BCUT2D eigenvalue weighted by Gasteiger charge is 2.09. The van der Waals surface area contributed by atoms with Crippen LogP contribution < -0.4 is 4.74 Å². The van der Waals surface area contributed by atoms with Crippen molar-refractivity contribution in [2.24, 2.45) is 0 Å². The monoisotopic (exact) mass is 344 g/mol. The highest BCUT2D eigenvalue weighted by Crippen LogP contribution is 2.22. The minimum Gasteiger partial charge on any atom is -0.423 e. The van der Waals surface area contributed by atoms with Gasteiger partial charge in [-0.3, -0.25) is 0 Å². The summed E-state index contributed by atoms with van der Waals surface area (Å²) >= 11 is 0. The van der Waals surface area contributed by atoms with Crippen LogP contribution in [-0.2, 0) is 12.8 Å². The number of esters is 1. The molecule has 0 bridgehead atoms. The summed E-state index contributed by atoms with van der Waals surface area (Å²) < 4.78 is 5.45. The van der Waals surface area contributed by atoms with Crippen LogP contribution >= 0.6 is 0 Å². The van der Waals surface area contributed by atoms with E-state index in [1.807, 2.05) is 48.5 Å². The van der Waals surface area contributed by atoms with Crippen LogP contribution in [0.25, 0.3) is 11.1 Å². The second kappa shape index (κ2) is 8.48. The molecule has 0 saturated heterocycles. The maximum Gasteiger partial charge on any atom is 0.343 e. The summed E-state index contributed by atoms with van der Waals surface area (Å²) in [5.74, 6) is 0.238. The van der Waals surface area contributed by atoms with Gasteiger partial charge in [0, 0.05) is 0 Å². The Morgan fingerprint density at radius 3 is 1.81 bits per heavy atom. The SMILES string of the molecule is CCCc1ccc(-c2ccc(C(=O)Oc3ccc(CC)cc3)cc2)cc1. The number of ether oxygens (including phenoxy) is 1. The Kier molecular flexibility index (Phi) is 5.85. The Balaban J connectivity index is 1.68. The molecule has 132 valence electrons. The summed E-state index contributed by atoms with van der Waals surface area (Å²) in [7, 11) is 0. The summed E-state index contributed by atoms with van der Waals surface area (Å²) in [6, 6.07) is 23.8. The lowest BCUT2D eigenvalue weighted by atomic mass is 10.0. The quantitative estimate of drug-likeness (QED) is 0.400. The molecule has 3 rings (SSSR count). The van der Waals surface area contributed by atoms with Gasteiger partial charge in [-0.05, 0) is 59.4 Å². The van der Waals surface area contributed by atoms with Gasteiger partial charge in [0.1, 0.15) is 5.75 Å². The van der Waals surface area contributed by atoms with Gasteiger partial charge in [0.2, 0.25) is 0 Å². The molecule has 3 aromatic carbocycles. The van der Waals surface area contributed by atoms with Gasteiger partial charge in [-0.2, -0.15) is 0 Å². The molecule has 0 heterocycles. The van der Waals surface area contributed by atoms with Crippen molar-refractivity contribution in [3.05, 3.63) is 89.5 Å². The van der Waals surface area contributed by atoms with E-state index in [0.717, 1.165) is 30.4 Å². The van der Waals surface area contributed by atoms with E-state index < -0.39 is 0 Å². The summed E-state index contributed by atoms with van der Waals surface area (Å²) in [6.07, 6.45) is 3.22. The van der Waals surface area contributed by atoms with Gasteiger partial charge in [0.05, 0.1) is 5.56 Å². The minimum atomic E-state index is -0.334. The van der Waals surface area contributed by atoms with Gasteiger partial charge >= 0.3 is 5.97 Å². The largest absolute Gasteiger partial charge is 0.423 e. The first-order valence-electron chi connectivity index (χ1n) is 9.20. The zero-order chi connectivity index (χ0) is 18.4. The zero-order valence-electron chi connectivity index (χ0n) is 15.4. The predicted molar refractivity (Wildman–Crippen MR) is 107 cm³/mol. The van der Waals surface area contributed by atoms with Crippen molar-refractivity contribution in [2.75, 3.05) is 0 Å². The molecule has 2 heteroatoms. The van der Waals surface area contributed by atoms with Gasteiger partial charge in [-0.25, -0.2) is 4.79 Å². The smallest absolute Gasteiger partial charge is 0.343 e. The summed E-state index contributed by atoms with van der Waals surface area (Å²) in [4.78, 5) is 12.3. The van der Waals surface area contributed by atoms with Gasteiger partial charge in [0.15, 0.2) is 0 Å². The van der Waals surface area contributed by atoms with E-state index >= 15 is 0 Å². The van der Waals surface area contributed by atoms with E-state index in [2.05, 4.69) is 38.1 Å². The number of benzene rings is 3. The van der Waals surface area contributed by atoms with Gasteiger partial charge < -0.3 is 4.74 Å². The van der Waals surface area contributed by atoms with Crippen LogP contribution in [0.5, 0.6) is 5.75 Å². The van der Waals surface area contributed by atoms with Crippen molar-refractivity contribution in [1.82, 2.24) is 0 Å². The fourth-order valence-corrected chi connectivity index (χ4v) is 2.91. The molecule has 0 spiro atoms. The maximum absolute atomic E-state index is 12.3. The molecular formula is C24H24O2. The fourth-order valence-electron chi connectivity index (χ4n) is 2.91. The first-order chi connectivity index (χ1) is 12.7. The average Bonchev–Trinajstić information content (AvgIpc) is 2.69. The third-order valence-electron chi connectivity index (χ3n) is 4.49. The Morgan fingerprint density at radius 1 is 0.731 bits per heavy atom. The molecule has 3 aromatic rings. The average molecular weight is 344 g/mol. The molecule has 0 atom stereocenters. The number of carbonyl (C=O) groups excluding carboxylic acids is 1. The van der Waals surface area contributed by atoms with Gasteiger partial charge in [0.25, 0.3) is 0 Å². The normalized spacial score (nSPS) is 10.5. The minimum absolute atomic E-state index is 0.334. The lowest BCUT2D eigenvalue weighted by molar-refractivity contribution is 0.0735. The van der Waals surface area contributed by atoms with E-state index in [4.69, 9.17) is 4.74 Å². The Labute approximate surface area is 155 Å². The standard InChI is InChI=1S/C24H24O2/c1-3-5-19-6-10-20(11-7-19)21-12-14-22(15-13-21)24(25)26-23-16-8-18(4-2)9-17-23/h6-17H,3-5H2,1-2H3. The molecular weight excluding hydrogens is 320 g/mol. The summed E-state index contributed by atoms with van der Waals surface area (Å²) in [5, 5.41) is 0. The van der Waals surface area contributed by atoms with Crippen LogP contribution in [0.1, 0.15) is 41.8 Å². The lowest BCUT2D eigenvalue weighted by Gasteiger charge is -2.07. The molecule has 0 aliphatic rings. The molecule has 26 heavy (non-hydrogen) atoms. The van der Waals surface area contributed by atoms with E-state index in [1.54, 1.807) is 0 Å². The van der Waals surface area contributed by atoms with E-state index in [-0.39, 0.29) is 5.97 Å². The van der Waals surface area contributed by atoms with Crippen LogP contribution in [0.3, 0.4) is 0 Å². The van der Waals surface area contributed by atoms with Crippen LogP contribution in [0.15, 0.2) is 72.8 Å². The summed E-state index contributed by atoms with van der Waals surface area (Å²) in [5.41, 5.74) is 5.37. The van der Waals surface area contributed by atoms with Crippen molar-refractivity contribution in [3.8, 4) is 16.9 Å². The number of aryl methyl sites for hydroxylation is 2. The van der Waals surface area contributed by atoms with Crippen LogP contribution in [-0.4, -0.2) is 5.97 Å². The first-order valence-corrected chi connectivity index (χ1v) is 9.20. The van der Waals surface area contributed by atoms with E-state index in [9.17, 15) is 4.79 Å². The van der Waals surface area contributed by atoms with Crippen LogP contribution in [0.2, 0.25) is 0 Å². The van der Waals surface area contributed by atoms with Crippen LogP contribution in [0, 0.1) is 0 Å². The third-order valence-corrected chi connectivity index (χ3v) is 4.49. The van der Waals surface area contributed by atoms with Gasteiger partial charge in [-0.1, -0.05) is 68.8 Å². The summed E-state index contributed by atoms with van der Waals surface area (Å²) in [6.45, 7) is 4.28. The fraction of sp³-hybridized carbons (Fsp3) is 0.208. The van der Waals surface area contributed by atoms with Crippen molar-refractivity contribution in [2.45, 2.75) is 33.1 Å². The molecule has 0 saturated carbocycles. The maximum atomic E-state index is 12.3. The number of hydrogen-bond acceptors (Lipinski definition) is 2. The lowest BCUT2D eigenvalue weighted by Crippen LogP contribution is -2.08. The van der Waals surface area contributed by atoms with Crippen molar-refractivity contribution < 1.29 is 9.53 Å². The molecule has 0 N–H and O–H groups in total. The highest BCUT2D eigenvalue weighted by molar-refractivity contribution is 5.91. The topological polar surface area (TPSA) is 26.3 Å². The highest BCUT2D eigenvalue weighted by atomic mass is 16.5. The molecule has 0 aromatic heterocycles. The number of rotatable bonds is 6. The zero-order valence-corrected chi connectivity index (χ0v) is 15.4.